The maximum atomic E-state index is 12.2. The average Bonchev–Trinajstić information content (AvgIpc) is 2.89. The van der Waals surface area contributed by atoms with Crippen LogP contribution >= 0.6 is 0 Å². The van der Waals surface area contributed by atoms with Gasteiger partial charge in [0.1, 0.15) is 0 Å². The summed E-state index contributed by atoms with van der Waals surface area (Å²) in [5, 5.41) is 7.69. The summed E-state index contributed by atoms with van der Waals surface area (Å²) in [4.78, 5) is 37.5. The highest BCUT2D eigenvalue weighted by atomic mass is 32.2. The zero-order valence-corrected chi connectivity index (χ0v) is 15.0. The molecule has 0 radical (unpaired) electrons. The quantitative estimate of drug-likeness (QED) is 0.703. The van der Waals surface area contributed by atoms with E-state index < -0.39 is 21.8 Å². The molecule has 0 spiro atoms. The number of imide groups is 1. The summed E-state index contributed by atoms with van der Waals surface area (Å²) >= 11 is 0. The summed E-state index contributed by atoms with van der Waals surface area (Å²) in [6.45, 7) is 0.175. The first-order chi connectivity index (χ1) is 12.8. The highest BCUT2D eigenvalue weighted by Gasteiger charge is 2.34. The van der Waals surface area contributed by atoms with Crippen molar-refractivity contribution < 1.29 is 22.8 Å². The van der Waals surface area contributed by atoms with Crippen molar-refractivity contribution in [2.24, 2.45) is 5.14 Å². The zero-order chi connectivity index (χ0) is 19.6. The van der Waals surface area contributed by atoms with E-state index in [1.807, 2.05) is 0 Å². The van der Waals surface area contributed by atoms with Crippen molar-refractivity contribution in [3.05, 3.63) is 65.2 Å². The van der Waals surface area contributed by atoms with E-state index >= 15 is 0 Å². The van der Waals surface area contributed by atoms with Crippen LogP contribution in [0.5, 0.6) is 0 Å². The topological polar surface area (TPSA) is 127 Å². The van der Waals surface area contributed by atoms with Gasteiger partial charge in [-0.05, 0) is 29.8 Å². The van der Waals surface area contributed by atoms with Crippen molar-refractivity contribution in [3.63, 3.8) is 0 Å². The molecular weight excluding hydrogens is 370 g/mol. The zero-order valence-electron chi connectivity index (χ0n) is 14.2. The lowest BCUT2D eigenvalue weighted by Crippen LogP contribution is -2.34. The second-order valence-electron chi connectivity index (χ2n) is 6.02. The molecule has 0 bridgehead atoms. The lowest BCUT2D eigenvalue weighted by atomic mass is 10.1. The van der Waals surface area contributed by atoms with Crippen molar-refractivity contribution in [2.75, 3.05) is 6.54 Å². The van der Waals surface area contributed by atoms with Crippen LogP contribution in [0, 0.1) is 0 Å². The lowest BCUT2D eigenvalue weighted by molar-refractivity contribution is -0.121. The van der Waals surface area contributed by atoms with Gasteiger partial charge < -0.3 is 5.32 Å². The average molecular weight is 387 g/mol. The Balaban J connectivity index is 1.52. The fourth-order valence-electron chi connectivity index (χ4n) is 2.74. The fourth-order valence-corrected chi connectivity index (χ4v) is 3.26. The number of nitrogens with two attached hydrogens (primary N) is 1. The van der Waals surface area contributed by atoms with Crippen LogP contribution in [0.2, 0.25) is 0 Å². The van der Waals surface area contributed by atoms with Crippen LogP contribution < -0.4 is 10.5 Å². The molecule has 140 valence electrons. The molecule has 2 aromatic carbocycles. The number of primary sulfonamides is 1. The van der Waals surface area contributed by atoms with Gasteiger partial charge in [0, 0.05) is 19.5 Å². The van der Waals surface area contributed by atoms with E-state index in [4.69, 9.17) is 5.14 Å². The lowest BCUT2D eigenvalue weighted by Gasteiger charge is -2.13. The smallest absolute Gasteiger partial charge is 0.261 e. The third kappa shape index (κ3) is 4.04. The van der Waals surface area contributed by atoms with E-state index in [1.165, 1.54) is 12.1 Å². The van der Waals surface area contributed by atoms with Gasteiger partial charge in [0.05, 0.1) is 16.0 Å². The molecule has 0 aliphatic carbocycles. The Hall–Kier alpha value is -3.04. The van der Waals surface area contributed by atoms with Crippen LogP contribution in [0.3, 0.4) is 0 Å². The van der Waals surface area contributed by atoms with E-state index in [2.05, 4.69) is 5.32 Å². The number of benzene rings is 2. The van der Waals surface area contributed by atoms with Crippen LogP contribution in [0.15, 0.2) is 53.4 Å². The largest absolute Gasteiger partial charge is 0.352 e. The monoisotopic (exact) mass is 387 g/mol. The number of fused-ring (bicyclic) bond motifs is 1. The molecule has 9 heteroatoms. The van der Waals surface area contributed by atoms with Crippen molar-refractivity contribution in [1.29, 1.82) is 0 Å². The SMILES string of the molecule is NS(=O)(=O)c1ccc(CNC(=O)CCN2C(=O)c3ccccc3C2=O)cc1. The first-order valence-corrected chi connectivity index (χ1v) is 9.65. The van der Waals surface area contributed by atoms with E-state index in [1.54, 1.807) is 36.4 Å². The Kier molecular flexibility index (Phi) is 5.06. The van der Waals surface area contributed by atoms with Crippen LogP contribution in [0.4, 0.5) is 0 Å². The minimum Gasteiger partial charge on any atom is -0.352 e. The molecule has 0 saturated heterocycles. The van der Waals surface area contributed by atoms with Gasteiger partial charge in [-0.2, -0.15) is 0 Å². The van der Waals surface area contributed by atoms with Gasteiger partial charge in [-0.3, -0.25) is 19.3 Å². The van der Waals surface area contributed by atoms with Gasteiger partial charge in [-0.15, -0.1) is 0 Å². The molecule has 3 amide bonds. The molecule has 0 aromatic heterocycles. The number of hydrogen-bond donors (Lipinski definition) is 2. The summed E-state index contributed by atoms with van der Waals surface area (Å²) in [5.41, 5.74) is 1.38. The van der Waals surface area contributed by atoms with Crippen molar-refractivity contribution >= 4 is 27.7 Å². The Labute approximate surface area is 156 Å². The van der Waals surface area contributed by atoms with Gasteiger partial charge in [-0.1, -0.05) is 24.3 Å². The van der Waals surface area contributed by atoms with Gasteiger partial charge >= 0.3 is 0 Å². The van der Waals surface area contributed by atoms with Crippen LogP contribution in [0.25, 0.3) is 0 Å². The van der Waals surface area contributed by atoms with Crippen LogP contribution in [-0.4, -0.2) is 37.6 Å². The molecular formula is C18H17N3O5S. The van der Waals surface area contributed by atoms with Crippen molar-refractivity contribution in [2.45, 2.75) is 17.9 Å². The van der Waals surface area contributed by atoms with Gasteiger partial charge in [0.15, 0.2) is 0 Å². The van der Waals surface area contributed by atoms with Crippen LogP contribution in [0.1, 0.15) is 32.7 Å². The minimum absolute atomic E-state index is 0.0109. The van der Waals surface area contributed by atoms with Gasteiger partial charge in [0.2, 0.25) is 15.9 Å². The number of carbonyl (C=O) groups excluding carboxylic acids is 3. The second kappa shape index (κ2) is 7.29. The van der Waals surface area contributed by atoms with Crippen LogP contribution in [-0.2, 0) is 21.4 Å². The maximum Gasteiger partial charge on any atom is 0.261 e. The molecule has 8 nitrogen and oxygen atoms in total. The summed E-state index contributed by atoms with van der Waals surface area (Å²) in [6.07, 6.45) is -0.0271. The molecule has 2 aromatic rings. The Bertz CT molecular complexity index is 981. The normalized spacial score (nSPS) is 13.6. The third-order valence-electron chi connectivity index (χ3n) is 4.18. The molecule has 27 heavy (non-hydrogen) atoms. The van der Waals surface area contributed by atoms with Gasteiger partial charge in [-0.25, -0.2) is 13.6 Å². The minimum atomic E-state index is -3.76. The number of sulfonamides is 1. The molecule has 0 atom stereocenters. The number of rotatable bonds is 6. The Morgan fingerprint density at radius 1 is 0.963 bits per heavy atom. The second-order valence-corrected chi connectivity index (χ2v) is 7.58. The number of hydrogen-bond acceptors (Lipinski definition) is 5. The summed E-state index contributed by atoms with van der Waals surface area (Å²) in [7, 11) is -3.76. The van der Waals surface area contributed by atoms with E-state index in [-0.39, 0.29) is 30.3 Å². The summed E-state index contributed by atoms with van der Waals surface area (Å²) in [6, 6.07) is 12.3. The predicted octanol–water partition coefficient (Wildman–Crippen LogP) is 0.636. The highest BCUT2D eigenvalue weighted by Crippen LogP contribution is 2.22. The summed E-state index contributed by atoms with van der Waals surface area (Å²) in [5.74, 6) is -1.13. The molecule has 3 N–H and O–H groups in total. The fraction of sp³-hybridized carbons (Fsp3) is 0.167. The third-order valence-corrected chi connectivity index (χ3v) is 5.11. The molecule has 1 aliphatic rings. The first-order valence-electron chi connectivity index (χ1n) is 8.11. The molecule has 0 saturated carbocycles. The standard InChI is InChI=1S/C18H17N3O5S/c19-27(25,26)13-7-5-12(6-8-13)11-20-16(22)9-10-21-17(23)14-3-1-2-4-15(14)18(21)24/h1-8H,9-11H2,(H,20,22)(H2,19,25,26). The molecule has 0 unspecified atom stereocenters. The van der Waals surface area contributed by atoms with E-state index in [0.717, 1.165) is 4.90 Å². The Morgan fingerprint density at radius 3 is 2.04 bits per heavy atom. The number of carbonyl (C=O) groups is 3. The molecule has 1 heterocycles. The van der Waals surface area contributed by atoms with E-state index in [9.17, 15) is 22.8 Å². The van der Waals surface area contributed by atoms with Crippen molar-refractivity contribution in [3.8, 4) is 0 Å². The summed E-state index contributed by atoms with van der Waals surface area (Å²) < 4.78 is 22.4. The molecule has 0 fully saturated rings. The van der Waals surface area contributed by atoms with Gasteiger partial charge in [0.25, 0.3) is 11.8 Å². The predicted molar refractivity (Wildman–Crippen MR) is 96.1 cm³/mol. The maximum absolute atomic E-state index is 12.2. The number of amides is 3. The van der Waals surface area contributed by atoms with Crippen molar-refractivity contribution in [1.82, 2.24) is 10.2 Å². The molecule has 3 rings (SSSR count). The molecule has 1 aliphatic heterocycles. The van der Waals surface area contributed by atoms with E-state index in [0.29, 0.717) is 16.7 Å². The Morgan fingerprint density at radius 2 is 1.52 bits per heavy atom. The first kappa shape index (κ1) is 18.7. The number of nitrogens with one attached hydrogen (secondary N) is 1. The number of nitrogens with zero attached hydrogens (tertiary/aromatic N) is 1. The highest BCUT2D eigenvalue weighted by molar-refractivity contribution is 7.89.